The largest absolute Gasteiger partial charge is 0.310 e. The third-order valence-electron chi connectivity index (χ3n) is 2.74. The number of unbranched alkanes of at least 4 members (excludes halogenated alkanes) is 2. The van der Waals surface area contributed by atoms with E-state index in [-0.39, 0.29) is 11.1 Å². The van der Waals surface area contributed by atoms with Gasteiger partial charge in [-0.15, -0.1) is 0 Å². The van der Waals surface area contributed by atoms with Crippen molar-refractivity contribution in [2.24, 2.45) is 0 Å². The standard InChI is InChI=1S/C13H18Cl2FN/c1-3-4-5-8-17-9(2)12-10(14)6-7-11(16)13(12)15/h6-7,9,17H,3-5,8H2,1-2H3. The number of benzene rings is 1. The Balaban J connectivity index is 2.68. The summed E-state index contributed by atoms with van der Waals surface area (Å²) < 4.78 is 13.3. The minimum Gasteiger partial charge on any atom is -0.310 e. The first-order chi connectivity index (χ1) is 8.07. The Morgan fingerprint density at radius 2 is 2.00 bits per heavy atom. The molecule has 0 aliphatic rings. The fraction of sp³-hybridized carbons (Fsp3) is 0.538. The molecule has 0 radical (unpaired) electrons. The van der Waals surface area contributed by atoms with Gasteiger partial charge in [-0.3, -0.25) is 0 Å². The van der Waals surface area contributed by atoms with E-state index >= 15 is 0 Å². The molecule has 1 rings (SSSR count). The van der Waals surface area contributed by atoms with Crippen molar-refractivity contribution < 1.29 is 4.39 Å². The molecule has 0 aliphatic heterocycles. The highest BCUT2D eigenvalue weighted by Gasteiger charge is 2.16. The van der Waals surface area contributed by atoms with Gasteiger partial charge in [0.1, 0.15) is 5.82 Å². The highest BCUT2D eigenvalue weighted by Crippen LogP contribution is 2.32. The molecule has 1 aromatic rings. The van der Waals surface area contributed by atoms with Crippen LogP contribution >= 0.6 is 23.2 Å². The van der Waals surface area contributed by atoms with Crippen molar-refractivity contribution in [3.8, 4) is 0 Å². The molecule has 1 atom stereocenters. The summed E-state index contributed by atoms with van der Waals surface area (Å²) in [6.07, 6.45) is 3.47. The second kappa shape index (κ2) is 7.20. The van der Waals surface area contributed by atoms with Gasteiger partial charge in [-0.25, -0.2) is 4.39 Å². The summed E-state index contributed by atoms with van der Waals surface area (Å²) in [7, 11) is 0. The summed E-state index contributed by atoms with van der Waals surface area (Å²) in [5.41, 5.74) is 0.643. The van der Waals surface area contributed by atoms with Crippen molar-refractivity contribution >= 4 is 23.2 Å². The molecular formula is C13H18Cl2FN. The Morgan fingerprint density at radius 1 is 1.29 bits per heavy atom. The van der Waals surface area contributed by atoms with Gasteiger partial charge in [-0.05, 0) is 32.0 Å². The first-order valence-electron chi connectivity index (χ1n) is 5.94. The molecule has 1 N–H and O–H groups in total. The van der Waals surface area contributed by atoms with E-state index in [1.807, 2.05) is 6.92 Å². The predicted molar refractivity (Wildman–Crippen MR) is 72.4 cm³/mol. The number of hydrogen-bond acceptors (Lipinski definition) is 1. The van der Waals surface area contributed by atoms with E-state index in [2.05, 4.69) is 12.2 Å². The lowest BCUT2D eigenvalue weighted by atomic mass is 10.1. The van der Waals surface area contributed by atoms with E-state index in [1.165, 1.54) is 18.9 Å². The third kappa shape index (κ3) is 4.13. The van der Waals surface area contributed by atoms with E-state index in [4.69, 9.17) is 23.2 Å². The van der Waals surface area contributed by atoms with Crippen molar-refractivity contribution in [3.05, 3.63) is 33.6 Å². The summed E-state index contributed by atoms with van der Waals surface area (Å²) in [6, 6.07) is 2.79. The van der Waals surface area contributed by atoms with Crippen LogP contribution in [0.3, 0.4) is 0 Å². The second-order valence-corrected chi connectivity index (χ2v) is 4.92. The van der Waals surface area contributed by atoms with Crippen molar-refractivity contribution in [1.29, 1.82) is 0 Å². The van der Waals surface area contributed by atoms with E-state index in [0.717, 1.165) is 13.0 Å². The van der Waals surface area contributed by atoms with Crippen molar-refractivity contribution in [2.75, 3.05) is 6.54 Å². The molecule has 1 aromatic carbocycles. The molecule has 1 nitrogen and oxygen atoms in total. The van der Waals surface area contributed by atoms with Crippen molar-refractivity contribution in [1.82, 2.24) is 5.32 Å². The van der Waals surface area contributed by atoms with Crippen molar-refractivity contribution in [2.45, 2.75) is 39.2 Å². The number of hydrogen-bond donors (Lipinski definition) is 1. The summed E-state index contributed by atoms with van der Waals surface area (Å²) in [5.74, 6) is -0.423. The van der Waals surface area contributed by atoms with Gasteiger partial charge in [0.15, 0.2) is 0 Å². The Kier molecular flexibility index (Phi) is 6.24. The van der Waals surface area contributed by atoms with Gasteiger partial charge in [0.25, 0.3) is 0 Å². The zero-order valence-electron chi connectivity index (χ0n) is 10.2. The van der Waals surface area contributed by atoms with Crippen LogP contribution in [-0.2, 0) is 0 Å². The van der Waals surface area contributed by atoms with Gasteiger partial charge in [-0.2, -0.15) is 0 Å². The van der Waals surface area contributed by atoms with Gasteiger partial charge < -0.3 is 5.32 Å². The van der Waals surface area contributed by atoms with Crippen LogP contribution in [0.2, 0.25) is 10.0 Å². The molecule has 96 valence electrons. The van der Waals surface area contributed by atoms with Gasteiger partial charge >= 0.3 is 0 Å². The summed E-state index contributed by atoms with van der Waals surface area (Å²) in [6.45, 7) is 4.99. The molecule has 0 aromatic heterocycles. The fourth-order valence-electron chi connectivity index (χ4n) is 1.74. The Labute approximate surface area is 112 Å². The Hall–Kier alpha value is -0.310. The van der Waals surface area contributed by atoms with E-state index in [9.17, 15) is 4.39 Å². The molecule has 0 saturated carbocycles. The van der Waals surface area contributed by atoms with Crippen molar-refractivity contribution in [3.63, 3.8) is 0 Å². The first kappa shape index (κ1) is 14.7. The lowest BCUT2D eigenvalue weighted by molar-refractivity contribution is 0.539. The van der Waals surface area contributed by atoms with E-state index in [0.29, 0.717) is 10.6 Å². The SMILES string of the molecule is CCCCCNC(C)c1c(Cl)ccc(F)c1Cl. The van der Waals surface area contributed by atoms with Gasteiger partial charge in [0.2, 0.25) is 0 Å². The molecular weight excluding hydrogens is 260 g/mol. The van der Waals surface area contributed by atoms with E-state index < -0.39 is 5.82 Å². The number of nitrogens with one attached hydrogen (secondary N) is 1. The normalized spacial score (nSPS) is 12.8. The Morgan fingerprint density at radius 3 is 2.65 bits per heavy atom. The molecule has 1 unspecified atom stereocenters. The molecule has 0 fully saturated rings. The third-order valence-corrected chi connectivity index (χ3v) is 3.46. The van der Waals surface area contributed by atoms with Gasteiger partial charge in [0, 0.05) is 16.6 Å². The quantitative estimate of drug-likeness (QED) is 0.572. The zero-order valence-corrected chi connectivity index (χ0v) is 11.7. The molecule has 0 heterocycles. The molecule has 0 amide bonds. The maximum Gasteiger partial charge on any atom is 0.142 e. The predicted octanol–water partition coefficient (Wildman–Crippen LogP) is 4.97. The minimum absolute atomic E-state index is 0.0393. The van der Waals surface area contributed by atoms with Crippen LogP contribution in [0.25, 0.3) is 0 Å². The monoisotopic (exact) mass is 277 g/mol. The van der Waals surface area contributed by atoms with Crippen LogP contribution in [0.4, 0.5) is 4.39 Å². The minimum atomic E-state index is -0.423. The molecule has 0 aliphatic carbocycles. The van der Waals surface area contributed by atoms with Gasteiger partial charge in [-0.1, -0.05) is 43.0 Å². The topological polar surface area (TPSA) is 12.0 Å². The molecule has 0 bridgehead atoms. The average Bonchev–Trinajstić information content (AvgIpc) is 2.30. The van der Waals surface area contributed by atoms with Crippen LogP contribution in [0.1, 0.15) is 44.7 Å². The van der Waals surface area contributed by atoms with Crippen LogP contribution in [0.5, 0.6) is 0 Å². The number of halogens is 3. The van der Waals surface area contributed by atoms with E-state index in [1.54, 1.807) is 6.07 Å². The maximum absolute atomic E-state index is 13.3. The zero-order chi connectivity index (χ0) is 12.8. The lowest BCUT2D eigenvalue weighted by Crippen LogP contribution is -2.20. The summed E-state index contributed by atoms with van der Waals surface area (Å²) in [5, 5.41) is 3.93. The fourth-order valence-corrected chi connectivity index (χ4v) is 2.43. The number of rotatable bonds is 6. The summed E-state index contributed by atoms with van der Waals surface area (Å²) in [4.78, 5) is 0. The van der Waals surface area contributed by atoms with Crippen LogP contribution in [-0.4, -0.2) is 6.54 Å². The second-order valence-electron chi connectivity index (χ2n) is 4.14. The van der Waals surface area contributed by atoms with Crippen LogP contribution in [0.15, 0.2) is 12.1 Å². The maximum atomic E-state index is 13.3. The highest BCUT2D eigenvalue weighted by atomic mass is 35.5. The Bertz CT molecular complexity index is 369. The summed E-state index contributed by atoms with van der Waals surface area (Å²) >= 11 is 12.0. The van der Waals surface area contributed by atoms with Crippen LogP contribution < -0.4 is 5.32 Å². The average molecular weight is 278 g/mol. The molecule has 0 saturated heterocycles. The molecule has 4 heteroatoms. The first-order valence-corrected chi connectivity index (χ1v) is 6.70. The molecule has 0 spiro atoms. The van der Waals surface area contributed by atoms with Crippen LogP contribution in [0, 0.1) is 5.82 Å². The smallest absolute Gasteiger partial charge is 0.142 e. The lowest BCUT2D eigenvalue weighted by Gasteiger charge is -2.17. The highest BCUT2D eigenvalue weighted by molar-refractivity contribution is 6.36. The molecule has 17 heavy (non-hydrogen) atoms. The van der Waals surface area contributed by atoms with Gasteiger partial charge in [0.05, 0.1) is 5.02 Å².